The van der Waals surface area contributed by atoms with Crippen molar-refractivity contribution in [3.05, 3.63) is 63.4 Å². The number of aromatic amines is 1. The van der Waals surface area contributed by atoms with Gasteiger partial charge in [0, 0.05) is 17.4 Å². The van der Waals surface area contributed by atoms with E-state index in [9.17, 15) is 18.0 Å². The Labute approximate surface area is 150 Å². The van der Waals surface area contributed by atoms with Crippen LogP contribution in [0.5, 0.6) is 0 Å². The minimum atomic E-state index is -4.67. The Kier molecular flexibility index (Phi) is 4.90. The second-order valence-electron chi connectivity index (χ2n) is 5.61. The van der Waals surface area contributed by atoms with Crippen LogP contribution in [0.25, 0.3) is 11.5 Å². The Balaban J connectivity index is 1.79. The molecule has 0 amide bonds. The van der Waals surface area contributed by atoms with Gasteiger partial charge in [-0.3, -0.25) is 4.79 Å². The molecule has 0 aliphatic carbocycles. The fourth-order valence-corrected chi connectivity index (χ4v) is 3.04. The second-order valence-corrected chi connectivity index (χ2v) is 6.57. The topological polar surface area (TPSA) is 71.8 Å². The third-order valence-corrected chi connectivity index (χ3v) is 4.43. The van der Waals surface area contributed by atoms with E-state index < -0.39 is 17.4 Å². The first-order chi connectivity index (χ1) is 12.2. The largest absolute Gasteiger partial charge is 0.441 e. The molecule has 1 aromatic carbocycles. The van der Waals surface area contributed by atoms with E-state index in [-0.39, 0.29) is 10.9 Å². The number of alkyl halides is 3. The summed E-state index contributed by atoms with van der Waals surface area (Å²) in [7, 11) is 0. The number of aromatic nitrogens is 3. The van der Waals surface area contributed by atoms with Crippen molar-refractivity contribution >= 4 is 11.8 Å². The summed E-state index contributed by atoms with van der Waals surface area (Å²) < 4.78 is 43.9. The molecular formula is C17H14F3N3O2S. The average molecular weight is 381 g/mol. The summed E-state index contributed by atoms with van der Waals surface area (Å²) in [5, 5.41) is -0.121. The minimum absolute atomic E-state index is 0.121. The van der Waals surface area contributed by atoms with Crippen LogP contribution in [-0.2, 0) is 11.9 Å². The maximum absolute atomic E-state index is 12.7. The first kappa shape index (κ1) is 18.2. The number of nitrogens with zero attached hydrogens (tertiary/aromatic N) is 2. The van der Waals surface area contributed by atoms with Crippen molar-refractivity contribution in [1.82, 2.24) is 15.0 Å². The molecule has 0 saturated carbocycles. The van der Waals surface area contributed by atoms with Gasteiger partial charge in [0.25, 0.3) is 5.56 Å². The SMILES string of the molecule is Cc1ccc(-c2nc(CSc3nc(C(F)(F)F)cc(=O)[nH]3)c(C)o2)cc1. The second kappa shape index (κ2) is 6.99. The first-order valence-electron chi connectivity index (χ1n) is 7.57. The highest BCUT2D eigenvalue weighted by Gasteiger charge is 2.33. The van der Waals surface area contributed by atoms with Gasteiger partial charge in [-0.1, -0.05) is 29.5 Å². The molecular weight excluding hydrogens is 367 g/mol. The molecule has 0 aliphatic heterocycles. The van der Waals surface area contributed by atoms with Gasteiger partial charge in [0.15, 0.2) is 10.9 Å². The van der Waals surface area contributed by atoms with Crippen molar-refractivity contribution < 1.29 is 17.6 Å². The Hall–Kier alpha value is -2.55. The Morgan fingerprint density at radius 1 is 1.15 bits per heavy atom. The summed E-state index contributed by atoms with van der Waals surface area (Å²) in [5.41, 5.74) is 0.409. The molecule has 0 aliphatic rings. The van der Waals surface area contributed by atoms with E-state index in [2.05, 4.69) is 15.0 Å². The number of rotatable bonds is 4. The highest BCUT2D eigenvalue weighted by atomic mass is 32.2. The van der Waals surface area contributed by atoms with Gasteiger partial charge in [-0.2, -0.15) is 13.2 Å². The molecule has 2 aromatic heterocycles. The van der Waals surface area contributed by atoms with Crippen LogP contribution in [0.3, 0.4) is 0 Å². The molecule has 3 rings (SSSR count). The van der Waals surface area contributed by atoms with Gasteiger partial charge in [-0.15, -0.1) is 0 Å². The number of benzene rings is 1. The molecule has 0 unspecified atom stereocenters. The first-order valence-corrected chi connectivity index (χ1v) is 8.55. The number of hydrogen-bond acceptors (Lipinski definition) is 5. The van der Waals surface area contributed by atoms with Gasteiger partial charge in [0.05, 0.1) is 5.69 Å². The molecule has 0 radical (unpaired) electrons. The number of hydrogen-bond donors (Lipinski definition) is 1. The van der Waals surface area contributed by atoms with Crippen LogP contribution in [0.4, 0.5) is 13.2 Å². The van der Waals surface area contributed by atoms with Crippen LogP contribution in [0.1, 0.15) is 22.7 Å². The van der Waals surface area contributed by atoms with Gasteiger partial charge >= 0.3 is 6.18 Å². The van der Waals surface area contributed by atoms with E-state index in [4.69, 9.17) is 4.42 Å². The summed E-state index contributed by atoms with van der Waals surface area (Å²) in [6.07, 6.45) is -4.67. The standard InChI is InChI=1S/C17H14F3N3O2S/c1-9-3-5-11(6-4-9)15-21-12(10(2)25-15)8-26-16-22-13(17(18,19)20)7-14(24)23-16/h3-7H,8H2,1-2H3,(H,22,23,24). The molecule has 0 spiro atoms. The molecule has 3 aromatic rings. The molecule has 136 valence electrons. The predicted octanol–water partition coefficient (Wildman–Crippen LogP) is 4.35. The quantitative estimate of drug-likeness (QED) is 0.537. The van der Waals surface area contributed by atoms with Crippen LogP contribution < -0.4 is 5.56 Å². The van der Waals surface area contributed by atoms with Crippen molar-refractivity contribution in [2.75, 3.05) is 0 Å². The van der Waals surface area contributed by atoms with Gasteiger partial charge in [-0.05, 0) is 26.0 Å². The smallest absolute Gasteiger partial charge is 0.433 e. The maximum atomic E-state index is 12.7. The molecule has 26 heavy (non-hydrogen) atoms. The van der Waals surface area contributed by atoms with Crippen molar-refractivity contribution in [1.29, 1.82) is 0 Å². The number of nitrogens with one attached hydrogen (secondary N) is 1. The Bertz CT molecular complexity index is 978. The number of H-pyrrole nitrogens is 1. The zero-order chi connectivity index (χ0) is 18.9. The van der Waals surface area contributed by atoms with E-state index in [0.29, 0.717) is 23.4 Å². The van der Waals surface area contributed by atoms with Crippen molar-refractivity contribution in [3.63, 3.8) is 0 Å². The average Bonchev–Trinajstić information content (AvgIpc) is 2.93. The van der Waals surface area contributed by atoms with Crippen molar-refractivity contribution in [2.24, 2.45) is 0 Å². The number of aryl methyl sites for hydroxylation is 2. The lowest BCUT2D eigenvalue weighted by molar-refractivity contribution is -0.141. The third kappa shape index (κ3) is 4.16. The monoisotopic (exact) mass is 381 g/mol. The molecule has 5 nitrogen and oxygen atoms in total. The van der Waals surface area contributed by atoms with E-state index in [0.717, 1.165) is 22.9 Å². The lowest BCUT2D eigenvalue weighted by Crippen LogP contribution is -2.16. The van der Waals surface area contributed by atoms with Crippen molar-refractivity contribution in [2.45, 2.75) is 30.9 Å². The zero-order valence-corrected chi connectivity index (χ0v) is 14.7. The van der Waals surface area contributed by atoms with E-state index in [1.54, 1.807) is 6.92 Å². The summed E-state index contributed by atoms with van der Waals surface area (Å²) in [6.45, 7) is 3.69. The fourth-order valence-electron chi connectivity index (χ4n) is 2.17. The van der Waals surface area contributed by atoms with Gasteiger partial charge in [0.1, 0.15) is 5.76 Å². The molecule has 9 heteroatoms. The fraction of sp³-hybridized carbons (Fsp3) is 0.235. The van der Waals surface area contributed by atoms with Gasteiger partial charge in [0.2, 0.25) is 5.89 Å². The van der Waals surface area contributed by atoms with Crippen LogP contribution in [0, 0.1) is 13.8 Å². The number of halogens is 3. The minimum Gasteiger partial charge on any atom is -0.441 e. The van der Waals surface area contributed by atoms with Gasteiger partial charge in [-0.25, -0.2) is 9.97 Å². The van der Waals surface area contributed by atoms with Crippen LogP contribution in [0.15, 0.2) is 44.7 Å². The van der Waals surface area contributed by atoms with Gasteiger partial charge < -0.3 is 9.40 Å². The predicted molar refractivity (Wildman–Crippen MR) is 90.8 cm³/mol. The molecule has 0 saturated heterocycles. The molecule has 0 atom stereocenters. The number of thioether (sulfide) groups is 1. The lowest BCUT2D eigenvalue weighted by atomic mass is 10.1. The summed E-state index contributed by atoms with van der Waals surface area (Å²) >= 11 is 0.954. The normalized spacial score (nSPS) is 11.7. The summed E-state index contributed by atoms with van der Waals surface area (Å²) in [4.78, 5) is 21.5. The Morgan fingerprint density at radius 3 is 2.50 bits per heavy atom. The summed E-state index contributed by atoms with van der Waals surface area (Å²) in [5.74, 6) is 1.21. The molecule has 1 N–H and O–H groups in total. The van der Waals surface area contributed by atoms with Crippen LogP contribution >= 0.6 is 11.8 Å². The third-order valence-electron chi connectivity index (χ3n) is 3.55. The van der Waals surface area contributed by atoms with Crippen LogP contribution in [-0.4, -0.2) is 15.0 Å². The zero-order valence-electron chi connectivity index (χ0n) is 13.8. The molecule has 2 heterocycles. The Morgan fingerprint density at radius 2 is 1.85 bits per heavy atom. The lowest BCUT2D eigenvalue weighted by Gasteiger charge is -2.06. The molecule has 0 bridgehead atoms. The number of oxazole rings is 1. The van der Waals surface area contributed by atoms with E-state index >= 15 is 0 Å². The maximum Gasteiger partial charge on any atom is 0.433 e. The van der Waals surface area contributed by atoms with Crippen molar-refractivity contribution in [3.8, 4) is 11.5 Å². The van der Waals surface area contributed by atoms with E-state index in [1.165, 1.54) is 0 Å². The molecule has 0 fully saturated rings. The van der Waals surface area contributed by atoms with E-state index in [1.807, 2.05) is 31.2 Å². The highest BCUT2D eigenvalue weighted by Crippen LogP contribution is 2.29. The van der Waals surface area contributed by atoms with Crippen LogP contribution in [0.2, 0.25) is 0 Å². The highest BCUT2D eigenvalue weighted by molar-refractivity contribution is 7.98. The summed E-state index contributed by atoms with van der Waals surface area (Å²) in [6, 6.07) is 8.05.